The molecule has 5 N–H and O–H groups in total. The Kier molecular flexibility index (Phi) is 4.50. The smallest absolute Gasteiger partial charge is 0.200 e. The molecule has 106 valence electrons. The number of hydrogen-bond donors (Lipinski definition) is 5. The van der Waals surface area contributed by atoms with Crippen molar-refractivity contribution in [3.8, 4) is 17.2 Å². The Morgan fingerprint density at radius 1 is 1.00 bits per heavy atom. The number of aliphatic hydroxyl groups is 1. The number of hydrogen-bond acceptors (Lipinski definition) is 5. The topological polar surface area (TPSA) is 93.0 Å². The first-order chi connectivity index (χ1) is 9.08. The normalized spacial score (nSPS) is 23.4. The van der Waals surface area contributed by atoms with Crippen LogP contribution in [0.3, 0.4) is 0 Å². The molecule has 1 fully saturated rings. The molecule has 0 saturated heterocycles. The number of nitrogens with one attached hydrogen (secondary N) is 1. The van der Waals surface area contributed by atoms with Gasteiger partial charge in [-0.05, 0) is 44.2 Å². The van der Waals surface area contributed by atoms with E-state index in [1.807, 2.05) is 0 Å². The van der Waals surface area contributed by atoms with Crippen LogP contribution in [-0.2, 0) is 6.54 Å². The summed E-state index contributed by atoms with van der Waals surface area (Å²) in [5.74, 6) is -0.509. The quantitative estimate of drug-likeness (QED) is 0.532. The lowest BCUT2D eigenvalue weighted by Crippen LogP contribution is -2.27. The first-order valence-electron chi connectivity index (χ1n) is 6.69. The van der Waals surface area contributed by atoms with E-state index in [4.69, 9.17) is 0 Å². The van der Waals surface area contributed by atoms with E-state index in [1.54, 1.807) is 6.07 Å². The third kappa shape index (κ3) is 3.52. The summed E-state index contributed by atoms with van der Waals surface area (Å²) in [6.07, 6.45) is 3.60. The van der Waals surface area contributed by atoms with Gasteiger partial charge < -0.3 is 25.7 Å². The fourth-order valence-electron chi connectivity index (χ4n) is 2.51. The van der Waals surface area contributed by atoms with Gasteiger partial charge in [-0.1, -0.05) is 6.07 Å². The predicted molar refractivity (Wildman–Crippen MR) is 71.1 cm³/mol. The van der Waals surface area contributed by atoms with Crippen molar-refractivity contribution in [1.82, 2.24) is 5.32 Å². The summed E-state index contributed by atoms with van der Waals surface area (Å²) in [7, 11) is 0. The van der Waals surface area contributed by atoms with Crippen molar-refractivity contribution in [2.45, 2.75) is 38.3 Å². The fourth-order valence-corrected chi connectivity index (χ4v) is 2.51. The molecule has 1 aliphatic rings. The fraction of sp³-hybridized carbons (Fsp3) is 0.571. The van der Waals surface area contributed by atoms with Gasteiger partial charge in [-0.25, -0.2) is 0 Å². The van der Waals surface area contributed by atoms with Crippen LogP contribution in [0.5, 0.6) is 17.2 Å². The largest absolute Gasteiger partial charge is 0.504 e. The lowest BCUT2D eigenvalue weighted by Gasteiger charge is -2.25. The monoisotopic (exact) mass is 267 g/mol. The van der Waals surface area contributed by atoms with Crippen molar-refractivity contribution < 1.29 is 20.4 Å². The second-order valence-corrected chi connectivity index (χ2v) is 5.25. The summed E-state index contributed by atoms with van der Waals surface area (Å²) in [6, 6.07) is 2.95. The molecule has 0 heterocycles. The molecule has 2 rings (SSSR count). The van der Waals surface area contributed by atoms with E-state index in [2.05, 4.69) is 5.32 Å². The first kappa shape index (κ1) is 14.0. The highest BCUT2D eigenvalue weighted by atomic mass is 16.3. The van der Waals surface area contributed by atoms with E-state index in [9.17, 15) is 20.4 Å². The standard InChI is InChI=1S/C14H21NO4/c16-11-4-1-9(2-5-11)7-15-8-10-3-6-12(17)14(19)13(10)18/h3,6,9,11,15-19H,1-2,4-5,7-8H2. The Morgan fingerprint density at radius 3 is 2.37 bits per heavy atom. The molecule has 0 radical (unpaired) electrons. The summed E-state index contributed by atoms with van der Waals surface area (Å²) in [6.45, 7) is 1.27. The third-order valence-electron chi connectivity index (χ3n) is 3.78. The van der Waals surface area contributed by atoms with Crippen LogP contribution < -0.4 is 5.32 Å². The van der Waals surface area contributed by atoms with Crippen molar-refractivity contribution in [2.24, 2.45) is 5.92 Å². The minimum atomic E-state index is -0.472. The van der Waals surface area contributed by atoms with Crippen molar-refractivity contribution in [1.29, 1.82) is 0 Å². The van der Waals surface area contributed by atoms with Crippen LogP contribution in [0, 0.1) is 5.92 Å². The van der Waals surface area contributed by atoms with Crippen molar-refractivity contribution >= 4 is 0 Å². The second-order valence-electron chi connectivity index (χ2n) is 5.25. The summed E-state index contributed by atoms with van der Waals surface area (Å²) >= 11 is 0. The van der Waals surface area contributed by atoms with Crippen LogP contribution >= 0.6 is 0 Å². The molecular weight excluding hydrogens is 246 g/mol. The summed E-state index contributed by atoms with van der Waals surface area (Å²) < 4.78 is 0. The lowest BCUT2D eigenvalue weighted by atomic mass is 9.87. The SMILES string of the molecule is Oc1ccc(CNCC2CCC(O)CC2)c(O)c1O. The highest BCUT2D eigenvalue weighted by Gasteiger charge is 2.19. The Hall–Kier alpha value is -1.46. The van der Waals surface area contributed by atoms with Gasteiger partial charge in [-0.2, -0.15) is 0 Å². The Labute approximate surface area is 112 Å². The maximum Gasteiger partial charge on any atom is 0.200 e. The van der Waals surface area contributed by atoms with Gasteiger partial charge in [0, 0.05) is 12.1 Å². The molecule has 0 aromatic heterocycles. The molecule has 1 saturated carbocycles. The summed E-state index contributed by atoms with van der Waals surface area (Å²) in [5, 5.41) is 41.0. The molecule has 0 spiro atoms. The molecular formula is C14H21NO4. The van der Waals surface area contributed by atoms with E-state index in [-0.39, 0.29) is 17.6 Å². The molecule has 5 nitrogen and oxygen atoms in total. The van der Waals surface area contributed by atoms with Crippen molar-refractivity contribution in [2.75, 3.05) is 6.54 Å². The molecule has 0 bridgehead atoms. The maximum absolute atomic E-state index is 9.67. The van der Waals surface area contributed by atoms with Gasteiger partial charge in [-0.3, -0.25) is 0 Å². The van der Waals surface area contributed by atoms with Gasteiger partial charge in [0.05, 0.1) is 6.10 Å². The minimum Gasteiger partial charge on any atom is -0.504 e. The molecule has 0 amide bonds. The predicted octanol–water partition coefficient (Wildman–Crippen LogP) is 1.44. The number of aliphatic hydroxyl groups excluding tert-OH is 1. The molecule has 19 heavy (non-hydrogen) atoms. The van der Waals surface area contributed by atoms with Crippen LogP contribution in [0.4, 0.5) is 0 Å². The van der Waals surface area contributed by atoms with E-state index in [0.717, 1.165) is 32.2 Å². The molecule has 1 aromatic rings. The van der Waals surface area contributed by atoms with Gasteiger partial charge in [0.2, 0.25) is 5.75 Å². The number of phenols is 3. The van der Waals surface area contributed by atoms with Gasteiger partial charge in [-0.15, -0.1) is 0 Å². The molecule has 0 atom stereocenters. The minimum absolute atomic E-state index is 0.144. The number of rotatable bonds is 4. The first-order valence-corrected chi connectivity index (χ1v) is 6.69. The van der Waals surface area contributed by atoms with Gasteiger partial charge >= 0.3 is 0 Å². The van der Waals surface area contributed by atoms with Crippen molar-refractivity contribution in [3.05, 3.63) is 17.7 Å². The van der Waals surface area contributed by atoms with Crippen LogP contribution in [0.2, 0.25) is 0 Å². The van der Waals surface area contributed by atoms with Crippen LogP contribution in [0.1, 0.15) is 31.2 Å². The Bertz CT molecular complexity index is 428. The zero-order chi connectivity index (χ0) is 13.8. The number of phenolic OH excluding ortho intramolecular Hbond substituents is 3. The summed E-state index contributed by atoms with van der Waals surface area (Å²) in [4.78, 5) is 0. The van der Waals surface area contributed by atoms with Gasteiger partial charge in [0.25, 0.3) is 0 Å². The molecule has 1 aliphatic carbocycles. The highest BCUT2D eigenvalue weighted by Crippen LogP contribution is 2.36. The zero-order valence-electron chi connectivity index (χ0n) is 10.8. The van der Waals surface area contributed by atoms with Gasteiger partial charge in [0.1, 0.15) is 0 Å². The Balaban J connectivity index is 1.81. The van der Waals surface area contributed by atoms with E-state index in [1.165, 1.54) is 6.07 Å². The zero-order valence-corrected chi connectivity index (χ0v) is 10.8. The average molecular weight is 267 g/mol. The second kappa shape index (κ2) is 6.12. The van der Waals surface area contributed by atoms with Crippen LogP contribution in [0.15, 0.2) is 12.1 Å². The lowest BCUT2D eigenvalue weighted by molar-refractivity contribution is 0.108. The summed E-state index contributed by atoms with van der Waals surface area (Å²) in [5.41, 5.74) is 0.561. The average Bonchev–Trinajstić information content (AvgIpc) is 2.41. The van der Waals surface area contributed by atoms with Gasteiger partial charge in [0.15, 0.2) is 11.5 Å². The number of aromatic hydroxyl groups is 3. The molecule has 1 aromatic carbocycles. The molecule has 5 heteroatoms. The van der Waals surface area contributed by atoms with E-state index in [0.29, 0.717) is 18.0 Å². The highest BCUT2D eigenvalue weighted by molar-refractivity contribution is 5.52. The van der Waals surface area contributed by atoms with Crippen LogP contribution in [-0.4, -0.2) is 33.1 Å². The van der Waals surface area contributed by atoms with Crippen LogP contribution in [0.25, 0.3) is 0 Å². The van der Waals surface area contributed by atoms with Crippen molar-refractivity contribution in [3.63, 3.8) is 0 Å². The van der Waals surface area contributed by atoms with E-state index < -0.39 is 5.75 Å². The molecule has 0 unspecified atom stereocenters. The maximum atomic E-state index is 9.67. The Morgan fingerprint density at radius 2 is 1.68 bits per heavy atom. The molecule has 0 aliphatic heterocycles. The van der Waals surface area contributed by atoms with E-state index >= 15 is 0 Å². The number of benzene rings is 1. The third-order valence-corrected chi connectivity index (χ3v) is 3.78.